The SMILES string of the molecule is C=CCC12CCCCC1(O)OCC2=O. The average Bonchev–Trinajstić information content (AvgIpc) is 2.42. The zero-order chi connectivity index (χ0) is 10.2. The maximum absolute atomic E-state index is 11.8. The lowest BCUT2D eigenvalue weighted by Crippen LogP contribution is -2.50. The molecule has 0 amide bonds. The molecule has 0 aromatic carbocycles. The van der Waals surface area contributed by atoms with Crippen molar-refractivity contribution in [1.29, 1.82) is 0 Å². The molecule has 0 bridgehead atoms. The quantitative estimate of drug-likeness (QED) is 0.679. The zero-order valence-electron chi connectivity index (χ0n) is 8.29. The van der Waals surface area contributed by atoms with E-state index in [1.165, 1.54) is 0 Å². The fourth-order valence-corrected chi connectivity index (χ4v) is 2.74. The molecule has 1 saturated heterocycles. The first-order chi connectivity index (χ1) is 6.65. The molecular formula is C11H16O3. The highest BCUT2D eigenvalue weighted by molar-refractivity contribution is 5.89. The molecule has 1 saturated carbocycles. The van der Waals surface area contributed by atoms with Crippen LogP contribution in [0.15, 0.2) is 12.7 Å². The number of fused-ring (bicyclic) bond motifs is 1. The molecule has 2 rings (SSSR count). The molecule has 1 aliphatic heterocycles. The lowest BCUT2D eigenvalue weighted by molar-refractivity contribution is -0.241. The van der Waals surface area contributed by atoms with Crippen LogP contribution >= 0.6 is 0 Å². The van der Waals surface area contributed by atoms with E-state index in [4.69, 9.17) is 4.74 Å². The van der Waals surface area contributed by atoms with Crippen LogP contribution in [-0.4, -0.2) is 23.3 Å². The van der Waals surface area contributed by atoms with Crippen molar-refractivity contribution in [3.63, 3.8) is 0 Å². The second-order valence-electron chi connectivity index (χ2n) is 4.28. The van der Waals surface area contributed by atoms with Crippen LogP contribution < -0.4 is 0 Å². The number of hydrogen-bond acceptors (Lipinski definition) is 3. The monoisotopic (exact) mass is 196 g/mol. The van der Waals surface area contributed by atoms with E-state index in [1.54, 1.807) is 6.08 Å². The lowest BCUT2D eigenvalue weighted by atomic mass is 9.66. The smallest absolute Gasteiger partial charge is 0.179 e. The normalized spacial score (nSPS) is 42.2. The summed E-state index contributed by atoms with van der Waals surface area (Å²) in [5.74, 6) is -1.17. The van der Waals surface area contributed by atoms with Crippen molar-refractivity contribution >= 4 is 5.78 Å². The number of rotatable bonds is 2. The van der Waals surface area contributed by atoms with Crippen molar-refractivity contribution < 1.29 is 14.6 Å². The van der Waals surface area contributed by atoms with Crippen molar-refractivity contribution in [2.24, 2.45) is 5.41 Å². The summed E-state index contributed by atoms with van der Waals surface area (Å²) in [5.41, 5.74) is -0.688. The van der Waals surface area contributed by atoms with Gasteiger partial charge in [-0.05, 0) is 19.3 Å². The van der Waals surface area contributed by atoms with E-state index in [9.17, 15) is 9.90 Å². The topological polar surface area (TPSA) is 46.5 Å². The summed E-state index contributed by atoms with van der Waals surface area (Å²) < 4.78 is 5.27. The fraction of sp³-hybridized carbons (Fsp3) is 0.727. The third kappa shape index (κ3) is 1.09. The highest BCUT2D eigenvalue weighted by Crippen LogP contribution is 2.52. The Balaban J connectivity index is 2.37. The Morgan fingerprint density at radius 1 is 1.50 bits per heavy atom. The predicted octanol–water partition coefficient (Wildman–Crippen LogP) is 1.41. The van der Waals surface area contributed by atoms with Crippen LogP contribution in [0.1, 0.15) is 32.1 Å². The van der Waals surface area contributed by atoms with E-state index in [0.717, 1.165) is 19.3 Å². The van der Waals surface area contributed by atoms with Crippen LogP contribution in [0.3, 0.4) is 0 Å². The molecule has 1 heterocycles. The number of ketones is 1. The van der Waals surface area contributed by atoms with E-state index in [2.05, 4.69) is 6.58 Å². The number of allylic oxidation sites excluding steroid dienone is 1. The van der Waals surface area contributed by atoms with Gasteiger partial charge < -0.3 is 9.84 Å². The van der Waals surface area contributed by atoms with Crippen molar-refractivity contribution in [3.8, 4) is 0 Å². The molecule has 2 aliphatic rings. The summed E-state index contributed by atoms with van der Waals surface area (Å²) in [7, 11) is 0. The molecule has 3 heteroatoms. The molecular weight excluding hydrogens is 180 g/mol. The van der Waals surface area contributed by atoms with Crippen LogP contribution in [-0.2, 0) is 9.53 Å². The minimum Gasteiger partial charge on any atom is -0.365 e. The summed E-state index contributed by atoms with van der Waals surface area (Å²) >= 11 is 0. The second-order valence-corrected chi connectivity index (χ2v) is 4.28. The van der Waals surface area contributed by atoms with Gasteiger partial charge in [-0.15, -0.1) is 6.58 Å². The maximum Gasteiger partial charge on any atom is 0.179 e. The molecule has 1 N–H and O–H groups in total. The second kappa shape index (κ2) is 3.17. The van der Waals surface area contributed by atoms with E-state index in [-0.39, 0.29) is 12.4 Å². The Labute approximate surface area is 83.8 Å². The minimum absolute atomic E-state index is 0.0413. The van der Waals surface area contributed by atoms with Gasteiger partial charge in [0.15, 0.2) is 11.6 Å². The number of hydrogen-bond donors (Lipinski definition) is 1. The molecule has 0 aromatic heterocycles. The third-order valence-electron chi connectivity index (χ3n) is 3.59. The molecule has 2 unspecified atom stereocenters. The van der Waals surface area contributed by atoms with Gasteiger partial charge in [-0.25, -0.2) is 0 Å². The number of aliphatic hydroxyl groups is 1. The number of ether oxygens (including phenoxy) is 1. The van der Waals surface area contributed by atoms with E-state index in [0.29, 0.717) is 12.8 Å². The van der Waals surface area contributed by atoms with Gasteiger partial charge >= 0.3 is 0 Å². The zero-order valence-corrected chi connectivity index (χ0v) is 8.29. The molecule has 14 heavy (non-hydrogen) atoms. The van der Waals surface area contributed by atoms with Crippen LogP contribution in [0.25, 0.3) is 0 Å². The summed E-state index contributed by atoms with van der Waals surface area (Å²) in [6.45, 7) is 3.72. The number of carbonyl (C=O) groups is 1. The first kappa shape index (κ1) is 9.87. The molecule has 2 fully saturated rings. The largest absolute Gasteiger partial charge is 0.365 e. The Morgan fingerprint density at radius 3 is 2.93 bits per heavy atom. The van der Waals surface area contributed by atoms with Crippen molar-refractivity contribution in [2.45, 2.75) is 37.9 Å². The van der Waals surface area contributed by atoms with Crippen LogP contribution in [0.5, 0.6) is 0 Å². The Bertz CT molecular complexity index is 274. The van der Waals surface area contributed by atoms with Gasteiger partial charge in [-0.1, -0.05) is 12.5 Å². The maximum atomic E-state index is 11.8. The van der Waals surface area contributed by atoms with Gasteiger partial charge in [0, 0.05) is 6.42 Å². The minimum atomic E-state index is -1.21. The summed E-state index contributed by atoms with van der Waals surface area (Å²) in [6, 6.07) is 0. The van der Waals surface area contributed by atoms with Crippen molar-refractivity contribution in [1.82, 2.24) is 0 Å². The van der Waals surface area contributed by atoms with Gasteiger partial charge in [-0.3, -0.25) is 4.79 Å². The third-order valence-corrected chi connectivity index (χ3v) is 3.59. The first-order valence-electron chi connectivity index (χ1n) is 5.15. The molecule has 1 aliphatic carbocycles. The van der Waals surface area contributed by atoms with Crippen molar-refractivity contribution in [2.75, 3.05) is 6.61 Å². The van der Waals surface area contributed by atoms with Crippen molar-refractivity contribution in [3.05, 3.63) is 12.7 Å². The first-order valence-corrected chi connectivity index (χ1v) is 5.15. The molecule has 78 valence electrons. The van der Waals surface area contributed by atoms with Gasteiger partial charge in [0.05, 0.1) is 5.41 Å². The Morgan fingerprint density at radius 2 is 2.21 bits per heavy atom. The van der Waals surface area contributed by atoms with Gasteiger partial charge in [0.25, 0.3) is 0 Å². The molecule has 2 atom stereocenters. The molecule has 0 radical (unpaired) electrons. The van der Waals surface area contributed by atoms with Crippen LogP contribution in [0, 0.1) is 5.41 Å². The summed E-state index contributed by atoms with van der Waals surface area (Å²) in [6.07, 6.45) is 5.47. The standard InChI is InChI=1S/C11H16O3/c1-2-5-10-6-3-4-7-11(10,13)14-8-9(10)12/h2,13H,1,3-8H2. The number of carbonyl (C=O) groups excluding carboxylic acids is 1. The molecule has 0 spiro atoms. The predicted molar refractivity (Wildman–Crippen MR) is 51.6 cm³/mol. The highest BCUT2D eigenvalue weighted by atomic mass is 16.6. The Kier molecular flexibility index (Phi) is 2.24. The van der Waals surface area contributed by atoms with Gasteiger partial charge in [0.1, 0.15) is 6.61 Å². The van der Waals surface area contributed by atoms with Crippen LogP contribution in [0.2, 0.25) is 0 Å². The number of Topliss-reactive ketones (excluding diaryl/α,β-unsaturated/α-hetero) is 1. The van der Waals surface area contributed by atoms with Crippen LogP contribution in [0.4, 0.5) is 0 Å². The molecule has 3 nitrogen and oxygen atoms in total. The van der Waals surface area contributed by atoms with Gasteiger partial charge in [0.2, 0.25) is 0 Å². The Hall–Kier alpha value is -0.670. The van der Waals surface area contributed by atoms with E-state index in [1.807, 2.05) is 0 Å². The molecule has 0 aromatic rings. The summed E-state index contributed by atoms with van der Waals surface area (Å²) in [4.78, 5) is 11.8. The fourth-order valence-electron chi connectivity index (χ4n) is 2.74. The highest BCUT2D eigenvalue weighted by Gasteiger charge is 2.61. The van der Waals surface area contributed by atoms with Gasteiger partial charge in [-0.2, -0.15) is 0 Å². The summed E-state index contributed by atoms with van der Waals surface area (Å²) in [5, 5.41) is 10.3. The van der Waals surface area contributed by atoms with E-state index < -0.39 is 11.2 Å². The lowest BCUT2D eigenvalue weighted by Gasteiger charge is -2.42. The van der Waals surface area contributed by atoms with E-state index >= 15 is 0 Å². The average molecular weight is 196 g/mol.